The number of hydrogen-bond acceptors (Lipinski definition) is 5. The standard InChI is InChI=1S/C13H23N5O2/c1-5-17(8-6-10(14)16-20)11-12(19)18(9-7-15-11)13(2,3)4/h7,9,20H,5-6,8H2,1-4H3,(H2,14,16). The van der Waals surface area contributed by atoms with Gasteiger partial charge in [0.25, 0.3) is 5.56 Å². The molecule has 0 bridgehead atoms. The van der Waals surface area contributed by atoms with Crippen LogP contribution in [0.2, 0.25) is 0 Å². The Morgan fingerprint density at radius 3 is 2.70 bits per heavy atom. The Bertz CT molecular complexity index is 530. The van der Waals surface area contributed by atoms with Gasteiger partial charge in [-0.2, -0.15) is 0 Å². The van der Waals surface area contributed by atoms with Crippen molar-refractivity contribution in [2.75, 3.05) is 18.0 Å². The number of anilines is 1. The van der Waals surface area contributed by atoms with Crippen LogP contribution >= 0.6 is 0 Å². The van der Waals surface area contributed by atoms with Crippen molar-refractivity contribution >= 4 is 11.7 Å². The number of amidine groups is 1. The van der Waals surface area contributed by atoms with Gasteiger partial charge in [0, 0.05) is 37.4 Å². The normalized spacial score (nSPS) is 12.5. The van der Waals surface area contributed by atoms with E-state index in [9.17, 15) is 4.79 Å². The van der Waals surface area contributed by atoms with Crippen molar-refractivity contribution in [3.8, 4) is 0 Å². The summed E-state index contributed by atoms with van der Waals surface area (Å²) in [6, 6.07) is 0. The summed E-state index contributed by atoms with van der Waals surface area (Å²) in [4.78, 5) is 18.5. The Kier molecular flexibility index (Phi) is 5.12. The molecule has 0 amide bonds. The van der Waals surface area contributed by atoms with Gasteiger partial charge in [-0.1, -0.05) is 5.16 Å². The maximum atomic E-state index is 12.5. The van der Waals surface area contributed by atoms with Gasteiger partial charge in [0.2, 0.25) is 0 Å². The maximum absolute atomic E-state index is 12.5. The fraction of sp³-hybridized carbons (Fsp3) is 0.615. The van der Waals surface area contributed by atoms with Crippen LogP contribution in [0.15, 0.2) is 22.3 Å². The van der Waals surface area contributed by atoms with Crippen molar-refractivity contribution in [3.63, 3.8) is 0 Å². The molecule has 0 spiro atoms. The molecule has 1 aromatic rings. The summed E-state index contributed by atoms with van der Waals surface area (Å²) < 4.78 is 1.65. The van der Waals surface area contributed by atoms with E-state index in [0.29, 0.717) is 25.3 Å². The monoisotopic (exact) mass is 281 g/mol. The molecule has 0 saturated carbocycles. The van der Waals surface area contributed by atoms with E-state index >= 15 is 0 Å². The molecule has 0 radical (unpaired) electrons. The van der Waals surface area contributed by atoms with Crippen LogP contribution in [0, 0.1) is 0 Å². The van der Waals surface area contributed by atoms with Crippen LogP contribution in [0.1, 0.15) is 34.1 Å². The number of oxime groups is 1. The molecule has 1 aromatic heterocycles. The van der Waals surface area contributed by atoms with E-state index in [1.165, 1.54) is 0 Å². The second-order valence-corrected chi connectivity index (χ2v) is 5.52. The average Bonchev–Trinajstić information content (AvgIpc) is 2.39. The topological polar surface area (TPSA) is 96.7 Å². The van der Waals surface area contributed by atoms with Gasteiger partial charge < -0.3 is 20.4 Å². The highest BCUT2D eigenvalue weighted by Crippen LogP contribution is 2.12. The lowest BCUT2D eigenvalue weighted by atomic mass is 10.1. The Hall–Kier alpha value is -2.05. The zero-order chi connectivity index (χ0) is 15.3. The minimum absolute atomic E-state index is 0.135. The van der Waals surface area contributed by atoms with Crippen molar-refractivity contribution in [2.45, 2.75) is 39.7 Å². The minimum atomic E-state index is -0.306. The Morgan fingerprint density at radius 2 is 2.20 bits per heavy atom. The van der Waals surface area contributed by atoms with Crippen molar-refractivity contribution in [1.29, 1.82) is 0 Å². The minimum Gasteiger partial charge on any atom is -0.409 e. The quantitative estimate of drug-likeness (QED) is 0.363. The molecule has 112 valence electrons. The van der Waals surface area contributed by atoms with E-state index in [2.05, 4.69) is 10.1 Å². The van der Waals surface area contributed by atoms with Crippen molar-refractivity contribution in [2.24, 2.45) is 10.9 Å². The molecular formula is C13H23N5O2. The van der Waals surface area contributed by atoms with Crippen molar-refractivity contribution < 1.29 is 5.21 Å². The lowest BCUT2D eigenvalue weighted by molar-refractivity contribution is 0.317. The van der Waals surface area contributed by atoms with Crippen LogP contribution in [0.25, 0.3) is 0 Å². The highest BCUT2D eigenvalue weighted by atomic mass is 16.4. The Labute approximate surface area is 118 Å². The van der Waals surface area contributed by atoms with Gasteiger partial charge in [0.15, 0.2) is 5.82 Å². The van der Waals surface area contributed by atoms with Gasteiger partial charge in [-0.05, 0) is 27.7 Å². The lowest BCUT2D eigenvalue weighted by Gasteiger charge is -2.26. The van der Waals surface area contributed by atoms with Crippen LogP contribution in [0.3, 0.4) is 0 Å². The summed E-state index contributed by atoms with van der Waals surface area (Å²) >= 11 is 0. The lowest BCUT2D eigenvalue weighted by Crippen LogP contribution is -2.39. The van der Waals surface area contributed by atoms with Gasteiger partial charge >= 0.3 is 0 Å². The third-order valence-electron chi connectivity index (χ3n) is 2.99. The summed E-state index contributed by atoms with van der Waals surface area (Å²) in [5.74, 6) is 0.520. The fourth-order valence-electron chi connectivity index (χ4n) is 1.86. The van der Waals surface area contributed by atoms with Crippen LogP contribution in [0.4, 0.5) is 5.82 Å². The highest BCUT2D eigenvalue weighted by molar-refractivity contribution is 5.80. The highest BCUT2D eigenvalue weighted by Gasteiger charge is 2.19. The summed E-state index contributed by atoms with van der Waals surface area (Å²) in [7, 11) is 0. The van der Waals surface area contributed by atoms with Gasteiger partial charge in [-0.3, -0.25) is 4.79 Å². The molecule has 0 aliphatic heterocycles. The van der Waals surface area contributed by atoms with Gasteiger partial charge in [-0.25, -0.2) is 4.98 Å². The van der Waals surface area contributed by atoms with E-state index in [4.69, 9.17) is 10.9 Å². The molecule has 1 rings (SSSR count). The van der Waals surface area contributed by atoms with Gasteiger partial charge in [0.1, 0.15) is 5.84 Å². The molecular weight excluding hydrogens is 258 g/mol. The fourth-order valence-corrected chi connectivity index (χ4v) is 1.86. The van der Waals surface area contributed by atoms with Crippen molar-refractivity contribution in [1.82, 2.24) is 9.55 Å². The number of hydrogen-bond donors (Lipinski definition) is 2. The zero-order valence-electron chi connectivity index (χ0n) is 12.5. The second-order valence-electron chi connectivity index (χ2n) is 5.52. The molecule has 7 nitrogen and oxygen atoms in total. The summed E-state index contributed by atoms with van der Waals surface area (Å²) in [5.41, 5.74) is 5.02. The van der Waals surface area contributed by atoms with E-state index in [0.717, 1.165) is 0 Å². The predicted octanol–water partition coefficient (Wildman–Crippen LogP) is 0.961. The van der Waals surface area contributed by atoms with E-state index in [-0.39, 0.29) is 16.9 Å². The second kappa shape index (κ2) is 6.40. The van der Waals surface area contributed by atoms with Crippen molar-refractivity contribution in [3.05, 3.63) is 22.7 Å². The number of rotatable bonds is 5. The summed E-state index contributed by atoms with van der Waals surface area (Å²) in [6.45, 7) is 8.92. The zero-order valence-corrected chi connectivity index (χ0v) is 12.5. The number of nitrogens with two attached hydrogens (primary N) is 1. The molecule has 20 heavy (non-hydrogen) atoms. The molecule has 3 N–H and O–H groups in total. The molecule has 0 saturated heterocycles. The molecule has 0 aromatic carbocycles. The molecule has 0 aliphatic rings. The largest absolute Gasteiger partial charge is 0.409 e. The summed E-state index contributed by atoms with van der Waals surface area (Å²) in [5, 5.41) is 11.5. The molecule has 1 heterocycles. The van der Waals surface area contributed by atoms with Gasteiger partial charge in [-0.15, -0.1) is 0 Å². The number of aromatic nitrogens is 2. The number of nitrogens with zero attached hydrogens (tertiary/aromatic N) is 4. The van der Waals surface area contributed by atoms with Crippen LogP contribution in [-0.2, 0) is 5.54 Å². The van der Waals surface area contributed by atoms with E-state index in [1.807, 2.05) is 32.6 Å². The molecule has 7 heteroatoms. The average molecular weight is 281 g/mol. The first-order valence-electron chi connectivity index (χ1n) is 6.60. The third kappa shape index (κ3) is 3.72. The first kappa shape index (κ1) is 16.0. The third-order valence-corrected chi connectivity index (χ3v) is 2.99. The maximum Gasteiger partial charge on any atom is 0.293 e. The first-order valence-corrected chi connectivity index (χ1v) is 6.60. The van der Waals surface area contributed by atoms with Gasteiger partial charge in [0.05, 0.1) is 0 Å². The molecule has 0 fully saturated rings. The predicted molar refractivity (Wildman–Crippen MR) is 79.4 cm³/mol. The van der Waals surface area contributed by atoms with E-state index in [1.54, 1.807) is 17.0 Å². The first-order chi connectivity index (χ1) is 9.31. The molecule has 0 atom stereocenters. The van der Waals surface area contributed by atoms with Crippen LogP contribution in [-0.4, -0.2) is 33.7 Å². The SMILES string of the molecule is CCN(CCC(N)=NO)c1nccn(C(C)(C)C)c1=O. The Morgan fingerprint density at radius 1 is 1.55 bits per heavy atom. The van der Waals surface area contributed by atoms with Crippen LogP contribution in [0.5, 0.6) is 0 Å². The molecule has 0 aliphatic carbocycles. The molecule has 0 unspecified atom stereocenters. The van der Waals surface area contributed by atoms with Crippen LogP contribution < -0.4 is 16.2 Å². The summed E-state index contributed by atoms with van der Waals surface area (Å²) in [6.07, 6.45) is 3.67. The smallest absolute Gasteiger partial charge is 0.293 e. The Balaban J connectivity index is 3.08. The van der Waals surface area contributed by atoms with E-state index < -0.39 is 0 Å².